The molecule has 1 saturated heterocycles. The summed E-state index contributed by atoms with van der Waals surface area (Å²) in [5.41, 5.74) is 1.10. The van der Waals surface area contributed by atoms with Crippen LogP contribution in [0, 0.1) is 5.82 Å². The second-order valence-electron chi connectivity index (χ2n) is 5.03. The molecule has 104 valence electrons. The van der Waals surface area contributed by atoms with Gasteiger partial charge in [0.25, 0.3) is 0 Å². The summed E-state index contributed by atoms with van der Waals surface area (Å²) in [6.07, 6.45) is 0.414. The molecule has 1 aromatic rings. The Morgan fingerprint density at radius 2 is 2.00 bits per heavy atom. The topological polar surface area (TPSA) is 24.8 Å². The van der Waals surface area contributed by atoms with Crippen LogP contribution < -0.4 is 9.80 Å². The Hall–Kier alpha value is -1.42. The highest BCUT2D eigenvalue weighted by molar-refractivity contribution is 5.96. The summed E-state index contributed by atoms with van der Waals surface area (Å²) >= 11 is 0. The van der Waals surface area contributed by atoms with Crippen molar-refractivity contribution in [3.8, 4) is 0 Å². The Morgan fingerprint density at radius 1 is 1.32 bits per heavy atom. The second kappa shape index (κ2) is 6.15. The Bertz CT molecular complexity index is 453. The van der Waals surface area contributed by atoms with E-state index < -0.39 is 0 Å². The van der Waals surface area contributed by atoms with Gasteiger partial charge in [-0.2, -0.15) is 0 Å². The normalized spacial score (nSPS) is 16.7. The number of hydrogen-bond donors (Lipinski definition) is 1. The molecule has 4 heteroatoms. The molecule has 1 heterocycles. The summed E-state index contributed by atoms with van der Waals surface area (Å²) in [5.74, 6) is -0.287. The maximum absolute atomic E-state index is 14.1. The van der Waals surface area contributed by atoms with Crippen molar-refractivity contribution in [3.63, 3.8) is 0 Å². The number of carbonyl (C=O) groups is 1. The monoisotopic (exact) mass is 265 g/mol. The highest BCUT2D eigenvalue weighted by Gasteiger charge is 2.21. The number of Topliss-reactive ketones (excluding diaryl/α,β-unsaturated/α-hetero) is 1. The first-order valence-electron chi connectivity index (χ1n) is 7.07. The number of anilines is 1. The number of carbonyl (C=O) groups excluding carboxylic acids is 1. The van der Waals surface area contributed by atoms with Crippen LogP contribution in [0.3, 0.4) is 0 Å². The molecule has 1 N–H and O–H groups in total. The fourth-order valence-electron chi connectivity index (χ4n) is 2.56. The van der Waals surface area contributed by atoms with E-state index in [0.29, 0.717) is 17.7 Å². The molecule has 19 heavy (non-hydrogen) atoms. The first-order chi connectivity index (χ1) is 9.15. The number of rotatable bonds is 4. The molecule has 0 atom stereocenters. The van der Waals surface area contributed by atoms with Gasteiger partial charge in [-0.3, -0.25) is 4.79 Å². The number of hydrogen-bond acceptors (Lipinski definition) is 2. The summed E-state index contributed by atoms with van der Waals surface area (Å²) in [4.78, 5) is 15.2. The van der Waals surface area contributed by atoms with Gasteiger partial charge in [0.1, 0.15) is 5.82 Å². The van der Waals surface area contributed by atoms with Crippen molar-refractivity contribution in [2.45, 2.75) is 20.3 Å². The molecule has 1 aromatic carbocycles. The lowest BCUT2D eigenvalue weighted by molar-refractivity contribution is -0.898. The summed E-state index contributed by atoms with van der Waals surface area (Å²) in [6, 6.07) is 4.86. The number of halogens is 1. The van der Waals surface area contributed by atoms with Crippen molar-refractivity contribution in [1.82, 2.24) is 0 Å². The number of quaternary nitrogens is 1. The van der Waals surface area contributed by atoms with Gasteiger partial charge in [0.2, 0.25) is 0 Å². The predicted molar refractivity (Wildman–Crippen MR) is 74.5 cm³/mol. The first-order valence-corrected chi connectivity index (χ1v) is 7.07. The molecule has 0 radical (unpaired) electrons. The maximum Gasteiger partial charge on any atom is 0.162 e. The maximum atomic E-state index is 14.1. The van der Waals surface area contributed by atoms with Crippen LogP contribution in [0.4, 0.5) is 10.1 Å². The molecule has 0 unspecified atom stereocenters. The molecule has 1 aliphatic heterocycles. The zero-order valence-electron chi connectivity index (χ0n) is 11.7. The third-order valence-corrected chi connectivity index (χ3v) is 3.90. The Kier molecular flexibility index (Phi) is 4.53. The van der Waals surface area contributed by atoms with E-state index in [4.69, 9.17) is 0 Å². The van der Waals surface area contributed by atoms with Gasteiger partial charge in [-0.25, -0.2) is 4.39 Å². The zero-order valence-corrected chi connectivity index (χ0v) is 11.7. The van der Waals surface area contributed by atoms with Gasteiger partial charge in [-0.15, -0.1) is 0 Å². The van der Waals surface area contributed by atoms with E-state index in [9.17, 15) is 9.18 Å². The van der Waals surface area contributed by atoms with Gasteiger partial charge >= 0.3 is 0 Å². The van der Waals surface area contributed by atoms with E-state index in [-0.39, 0.29) is 11.6 Å². The van der Waals surface area contributed by atoms with E-state index >= 15 is 0 Å². The van der Waals surface area contributed by atoms with E-state index in [2.05, 4.69) is 11.8 Å². The molecule has 0 bridgehead atoms. The second-order valence-corrected chi connectivity index (χ2v) is 5.03. The quantitative estimate of drug-likeness (QED) is 0.826. The van der Waals surface area contributed by atoms with E-state index in [1.807, 2.05) is 0 Å². The smallest absolute Gasteiger partial charge is 0.162 e. The minimum atomic E-state index is -0.278. The highest BCUT2D eigenvalue weighted by Crippen LogP contribution is 2.21. The van der Waals surface area contributed by atoms with Crippen LogP contribution >= 0.6 is 0 Å². The van der Waals surface area contributed by atoms with Gasteiger partial charge in [0.15, 0.2) is 5.78 Å². The molecule has 0 spiro atoms. The summed E-state index contributed by atoms with van der Waals surface area (Å²) in [7, 11) is 0. The summed E-state index contributed by atoms with van der Waals surface area (Å²) in [5, 5.41) is 0. The largest absolute Gasteiger partial charge is 0.358 e. The number of benzene rings is 1. The summed E-state index contributed by atoms with van der Waals surface area (Å²) in [6.45, 7) is 8.94. The van der Waals surface area contributed by atoms with E-state index in [1.54, 1.807) is 24.0 Å². The minimum absolute atomic E-state index is 0.00861. The molecular weight excluding hydrogens is 243 g/mol. The van der Waals surface area contributed by atoms with Crippen LogP contribution in [0.15, 0.2) is 18.2 Å². The standard InChI is InChI=1S/C15H21FN2O/c1-3-15(19)12-5-6-14(13(16)11-12)18-9-7-17(4-2)8-10-18/h5-6,11H,3-4,7-10H2,1-2H3/p+1. The lowest BCUT2D eigenvalue weighted by atomic mass is 10.1. The van der Waals surface area contributed by atoms with E-state index in [0.717, 1.165) is 32.7 Å². The number of nitrogens with one attached hydrogen (secondary N) is 1. The predicted octanol–water partition coefficient (Wildman–Crippen LogP) is 1.14. The molecule has 0 aromatic heterocycles. The average Bonchev–Trinajstić information content (AvgIpc) is 2.46. The summed E-state index contributed by atoms with van der Waals surface area (Å²) < 4.78 is 14.1. The van der Waals surface area contributed by atoms with Gasteiger partial charge in [-0.1, -0.05) is 6.92 Å². The van der Waals surface area contributed by atoms with Gasteiger partial charge in [0.05, 0.1) is 38.4 Å². The third kappa shape index (κ3) is 3.13. The molecule has 1 aliphatic rings. The van der Waals surface area contributed by atoms with Crippen LogP contribution in [0.5, 0.6) is 0 Å². The van der Waals surface area contributed by atoms with Crippen molar-refractivity contribution in [1.29, 1.82) is 0 Å². The van der Waals surface area contributed by atoms with Crippen molar-refractivity contribution in [3.05, 3.63) is 29.6 Å². The average molecular weight is 265 g/mol. The van der Waals surface area contributed by atoms with Crippen LogP contribution in [-0.4, -0.2) is 38.5 Å². The molecule has 0 saturated carbocycles. The molecule has 2 rings (SSSR count). The Morgan fingerprint density at radius 3 is 2.53 bits per heavy atom. The highest BCUT2D eigenvalue weighted by atomic mass is 19.1. The number of nitrogens with zero attached hydrogens (tertiary/aromatic N) is 1. The minimum Gasteiger partial charge on any atom is -0.358 e. The van der Waals surface area contributed by atoms with Crippen molar-refractivity contribution >= 4 is 11.5 Å². The van der Waals surface area contributed by atoms with Crippen molar-refractivity contribution in [2.75, 3.05) is 37.6 Å². The van der Waals surface area contributed by atoms with Gasteiger partial charge < -0.3 is 9.80 Å². The molecule has 1 fully saturated rings. The SMILES string of the molecule is CCC(=O)c1ccc(N2CC[NH+](CC)CC2)c(F)c1. The zero-order chi connectivity index (χ0) is 13.8. The molecule has 0 aliphatic carbocycles. The van der Waals surface area contributed by atoms with Gasteiger partial charge in [0, 0.05) is 12.0 Å². The first kappa shape index (κ1) is 14.0. The lowest BCUT2D eigenvalue weighted by Gasteiger charge is -2.33. The van der Waals surface area contributed by atoms with Crippen LogP contribution in [0.1, 0.15) is 30.6 Å². The Labute approximate surface area is 114 Å². The van der Waals surface area contributed by atoms with Gasteiger partial charge in [-0.05, 0) is 25.1 Å². The van der Waals surface area contributed by atoms with Crippen molar-refractivity contribution < 1.29 is 14.1 Å². The Balaban J connectivity index is 2.11. The van der Waals surface area contributed by atoms with Crippen LogP contribution in [0.25, 0.3) is 0 Å². The molecular formula is C15H22FN2O+. The number of ketones is 1. The van der Waals surface area contributed by atoms with E-state index in [1.165, 1.54) is 6.07 Å². The number of piperazine rings is 1. The van der Waals surface area contributed by atoms with Crippen molar-refractivity contribution in [2.24, 2.45) is 0 Å². The van der Waals surface area contributed by atoms with Crippen LogP contribution in [-0.2, 0) is 0 Å². The fourth-order valence-corrected chi connectivity index (χ4v) is 2.56. The number of likely N-dealkylation sites (N-methyl/N-ethyl adjacent to an activating group) is 1. The molecule has 3 nitrogen and oxygen atoms in total. The molecule has 0 amide bonds. The van der Waals surface area contributed by atoms with Crippen LogP contribution in [0.2, 0.25) is 0 Å². The fraction of sp³-hybridized carbons (Fsp3) is 0.533. The lowest BCUT2D eigenvalue weighted by Crippen LogP contribution is -3.14. The third-order valence-electron chi connectivity index (χ3n) is 3.90.